The predicted octanol–water partition coefficient (Wildman–Crippen LogP) is 3.26. The number of Topliss-reactive ketones (excluding diaryl/α,β-unsaturated/α-hetero) is 1. The van der Waals surface area contributed by atoms with Gasteiger partial charge >= 0.3 is 5.97 Å². The first-order chi connectivity index (χ1) is 8.69. The molecule has 0 aromatic carbocycles. The van der Waals surface area contributed by atoms with Crippen LogP contribution in [-0.4, -0.2) is 18.4 Å². The molecule has 1 spiro atoms. The molecule has 0 N–H and O–H groups in total. The van der Waals surface area contributed by atoms with Crippen LogP contribution in [0.25, 0.3) is 0 Å². The topological polar surface area (TPSA) is 43.4 Å². The first-order valence-electron chi connectivity index (χ1n) is 7.38. The van der Waals surface area contributed by atoms with Crippen molar-refractivity contribution in [1.29, 1.82) is 0 Å². The van der Waals surface area contributed by atoms with Gasteiger partial charge in [0.15, 0.2) is 0 Å². The molecule has 0 aromatic rings. The van der Waals surface area contributed by atoms with Gasteiger partial charge in [-0.3, -0.25) is 9.59 Å². The third-order valence-electron chi connectivity index (χ3n) is 4.76. The Morgan fingerprint density at radius 2 is 2.00 bits per heavy atom. The summed E-state index contributed by atoms with van der Waals surface area (Å²) < 4.78 is 5.06. The molecule has 18 heavy (non-hydrogen) atoms. The minimum Gasteiger partial charge on any atom is -0.466 e. The standard InChI is InChI=1S/C15H24O3/c1-2-18-14(17)11-12-7-6-8-13(16)15(12)9-4-3-5-10-15/h12H,2-11H2,1H3/t12-/m0/s1. The highest BCUT2D eigenvalue weighted by atomic mass is 16.5. The highest BCUT2D eigenvalue weighted by Gasteiger charge is 2.47. The molecule has 0 unspecified atom stereocenters. The van der Waals surface area contributed by atoms with E-state index in [0.717, 1.165) is 44.9 Å². The molecule has 2 rings (SSSR count). The molecular weight excluding hydrogens is 228 g/mol. The van der Waals surface area contributed by atoms with Crippen LogP contribution in [0.2, 0.25) is 0 Å². The van der Waals surface area contributed by atoms with Gasteiger partial charge in [-0.1, -0.05) is 19.3 Å². The van der Waals surface area contributed by atoms with Gasteiger partial charge in [-0.05, 0) is 38.5 Å². The number of carbonyl (C=O) groups excluding carboxylic acids is 2. The van der Waals surface area contributed by atoms with E-state index in [0.29, 0.717) is 18.8 Å². The molecule has 0 aliphatic heterocycles. The fourth-order valence-corrected chi connectivity index (χ4v) is 3.85. The van der Waals surface area contributed by atoms with Crippen molar-refractivity contribution in [3.63, 3.8) is 0 Å². The molecule has 0 heterocycles. The van der Waals surface area contributed by atoms with Gasteiger partial charge < -0.3 is 4.74 Å². The smallest absolute Gasteiger partial charge is 0.306 e. The molecule has 0 radical (unpaired) electrons. The van der Waals surface area contributed by atoms with Crippen molar-refractivity contribution >= 4 is 11.8 Å². The Morgan fingerprint density at radius 1 is 1.28 bits per heavy atom. The van der Waals surface area contributed by atoms with E-state index in [-0.39, 0.29) is 17.3 Å². The van der Waals surface area contributed by atoms with Crippen LogP contribution in [0.15, 0.2) is 0 Å². The lowest BCUT2D eigenvalue weighted by Crippen LogP contribution is -2.44. The summed E-state index contributed by atoms with van der Waals surface area (Å²) in [5, 5.41) is 0. The van der Waals surface area contributed by atoms with Crippen molar-refractivity contribution < 1.29 is 14.3 Å². The van der Waals surface area contributed by atoms with Gasteiger partial charge in [0.2, 0.25) is 0 Å². The molecule has 0 saturated heterocycles. The van der Waals surface area contributed by atoms with Crippen LogP contribution in [0.4, 0.5) is 0 Å². The summed E-state index contributed by atoms with van der Waals surface area (Å²) in [6.45, 7) is 2.27. The molecule has 0 bridgehead atoms. The molecule has 1 atom stereocenters. The SMILES string of the molecule is CCOC(=O)C[C@@H]1CCCC(=O)C12CCCCC2. The lowest BCUT2D eigenvalue weighted by molar-refractivity contribution is -0.149. The second kappa shape index (κ2) is 5.85. The fraction of sp³-hybridized carbons (Fsp3) is 0.867. The molecular formula is C15H24O3. The van der Waals surface area contributed by atoms with Gasteiger partial charge in [-0.15, -0.1) is 0 Å². The van der Waals surface area contributed by atoms with Crippen LogP contribution in [0.5, 0.6) is 0 Å². The van der Waals surface area contributed by atoms with Crippen LogP contribution in [0.1, 0.15) is 64.7 Å². The maximum absolute atomic E-state index is 12.4. The van der Waals surface area contributed by atoms with E-state index in [1.807, 2.05) is 6.92 Å². The zero-order valence-electron chi connectivity index (χ0n) is 11.4. The Morgan fingerprint density at radius 3 is 2.67 bits per heavy atom. The Kier molecular flexibility index (Phi) is 4.41. The molecule has 3 nitrogen and oxygen atoms in total. The van der Waals surface area contributed by atoms with Gasteiger partial charge in [-0.25, -0.2) is 0 Å². The number of rotatable bonds is 3. The van der Waals surface area contributed by atoms with E-state index in [1.165, 1.54) is 6.42 Å². The number of hydrogen-bond donors (Lipinski definition) is 0. The van der Waals surface area contributed by atoms with Crippen molar-refractivity contribution in [2.75, 3.05) is 6.61 Å². The number of hydrogen-bond acceptors (Lipinski definition) is 3. The molecule has 2 aliphatic rings. The summed E-state index contributed by atoms with van der Waals surface area (Å²) in [5.74, 6) is 0.531. The first-order valence-corrected chi connectivity index (χ1v) is 7.38. The first kappa shape index (κ1) is 13.6. The minimum atomic E-state index is -0.177. The van der Waals surface area contributed by atoms with E-state index < -0.39 is 0 Å². The minimum absolute atomic E-state index is 0.123. The highest BCUT2D eigenvalue weighted by Crippen LogP contribution is 2.50. The lowest BCUT2D eigenvalue weighted by atomic mass is 9.58. The summed E-state index contributed by atoms with van der Waals surface area (Å²) in [4.78, 5) is 24.1. The van der Waals surface area contributed by atoms with E-state index in [2.05, 4.69) is 0 Å². The van der Waals surface area contributed by atoms with Gasteiger partial charge in [-0.2, -0.15) is 0 Å². The zero-order chi connectivity index (χ0) is 13.0. The quantitative estimate of drug-likeness (QED) is 0.724. The van der Waals surface area contributed by atoms with Crippen molar-refractivity contribution in [2.24, 2.45) is 11.3 Å². The summed E-state index contributed by atoms with van der Waals surface area (Å²) in [6, 6.07) is 0. The van der Waals surface area contributed by atoms with Crippen LogP contribution >= 0.6 is 0 Å². The Bertz CT molecular complexity index is 316. The maximum Gasteiger partial charge on any atom is 0.306 e. The van der Waals surface area contributed by atoms with E-state index in [1.54, 1.807) is 0 Å². The number of ether oxygens (including phenoxy) is 1. The fourth-order valence-electron chi connectivity index (χ4n) is 3.85. The van der Waals surface area contributed by atoms with Crippen molar-refractivity contribution in [3.05, 3.63) is 0 Å². The van der Waals surface area contributed by atoms with Crippen molar-refractivity contribution in [1.82, 2.24) is 0 Å². The Labute approximate surface area is 109 Å². The second-order valence-electron chi connectivity index (χ2n) is 5.74. The molecule has 102 valence electrons. The zero-order valence-corrected chi connectivity index (χ0v) is 11.4. The molecule has 3 heteroatoms. The third-order valence-corrected chi connectivity index (χ3v) is 4.76. The molecule has 0 amide bonds. The average Bonchev–Trinajstić information content (AvgIpc) is 2.37. The van der Waals surface area contributed by atoms with Crippen molar-refractivity contribution in [2.45, 2.75) is 64.7 Å². The van der Waals surface area contributed by atoms with E-state index in [4.69, 9.17) is 4.74 Å². The summed E-state index contributed by atoms with van der Waals surface area (Å²) in [6.07, 6.45) is 8.65. The third kappa shape index (κ3) is 2.60. The normalized spacial score (nSPS) is 27.2. The van der Waals surface area contributed by atoms with E-state index >= 15 is 0 Å². The molecule has 0 aromatic heterocycles. The van der Waals surface area contributed by atoms with Gasteiger partial charge in [0, 0.05) is 18.3 Å². The highest BCUT2D eigenvalue weighted by molar-refractivity contribution is 5.86. The summed E-state index contributed by atoms with van der Waals surface area (Å²) in [5.41, 5.74) is -0.177. The average molecular weight is 252 g/mol. The predicted molar refractivity (Wildman–Crippen MR) is 69.1 cm³/mol. The maximum atomic E-state index is 12.4. The molecule has 2 fully saturated rings. The number of esters is 1. The monoisotopic (exact) mass is 252 g/mol. The van der Waals surface area contributed by atoms with Crippen LogP contribution in [0, 0.1) is 11.3 Å². The van der Waals surface area contributed by atoms with Crippen molar-refractivity contribution in [3.8, 4) is 0 Å². The Balaban J connectivity index is 2.09. The van der Waals surface area contributed by atoms with Crippen LogP contribution < -0.4 is 0 Å². The second-order valence-corrected chi connectivity index (χ2v) is 5.74. The summed E-state index contributed by atoms with van der Waals surface area (Å²) >= 11 is 0. The van der Waals surface area contributed by atoms with Crippen LogP contribution in [-0.2, 0) is 14.3 Å². The number of carbonyl (C=O) groups is 2. The van der Waals surface area contributed by atoms with Gasteiger partial charge in [0.05, 0.1) is 6.61 Å². The summed E-state index contributed by atoms with van der Waals surface area (Å²) in [7, 11) is 0. The lowest BCUT2D eigenvalue weighted by Gasteiger charge is -2.45. The largest absolute Gasteiger partial charge is 0.466 e. The van der Waals surface area contributed by atoms with Gasteiger partial charge in [0.1, 0.15) is 5.78 Å². The van der Waals surface area contributed by atoms with Gasteiger partial charge in [0.25, 0.3) is 0 Å². The number of ketones is 1. The van der Waals surface area contributed by atoms with Crippen LogP contribution in [0.3, 0.4) is 0 Å². The Hall–Kier alpha value is -0.860. The molecule has 2 saturated carbocycles. The van der Waals surface area contributed by atoms with E-state index in [9.17, 15) is 9.59 Å². The molecule has 2 aliphatic carbocycles.